The van der Waals surface area contributed by atoms with Crippen molar-refractivity contribution in [3.8, 4) is 11.3 Å². The first kappa shape index (κ1) is 17.1. The minimum Gasteiger partial charge on any atom is -0.340 e. The summed E-state index contributed by atoms with van der Waals surface area (Å²) >= 11 is 1.58. The van der Waals surface area contributed by atoms with Gasteiger partial charge in [-0.15, -0.1) is 11.3 Å². The minimum atomic E-state index is 0.225. The van der Waals surface area contributed by atoms with E-state index in [1.54, 1.807) is 11.3 Å². The molecule has 1 aromatic carbocycles. The maximum atomic E-state index is 12.7. The van der Waals surface area contributed by atoms with Crippen LogP contribution in [0.3, 0.4) is 0 Å². The normalized spacial score (nSPS) is 14.2. The van der Waals surface area contributed by atoms with Crippen LogP contribution in [0.4, 0.5) is 5.13 Å². The number of aromatic nitrogens is 1. The van der Waals surface area contributed by atoms with Gasteiger partial charge in [0.15, 0.2) is 5.13 Å². The number of carbonyl (C=O) groups excluding carboxylic acids is 1. The smallest absolute Gasteiger partial charge is 0.231 e. The highest BCUT2D eigenvalue weighted by atomic mass is 32.1. The molecule has 0 spiro atoms. The molecule has 0 unspecified atom stereocenters. The summed E-state index contributed by atoms with van der Waals surface area (Å²) in [7, 11) is 4.29. The van der Waals surface area contributed by atoms with Crippen LogP contribution in [0.5, 0.6) is 0 Å². The number of thiazole rings is 1. The van der Waals surface area contributed by atoms with Gasteiger partial charge in [-0.2, -0.15) is 0 Å². The number of hydrogen-bond acceptors (Lipinski definition) is 3. The monoisotopic (exact) mass is 344 g/mol. The van der Waals surface area contributed by atoms with Crippen LogP contribution in [0.1, 0.15) is 24.8 Å². The molecule has 24 heavy (non-hydrogen) atoms. The molecule has 0 atom stereocenters. The van der Waals surface area contributed by atoms with E-state index in [2.05, 4.69) is 50.7 Å². The first-order valence-corrected chi connectivity index (χ1v) is 9.55. The Morgan fingerprint density at radius 2 is 2.00 bits per heavy atom. The molecule has 128 valence electrons. The molecule has 0 radical (unpaired) electrons. The van der Waals surface area contributed by atoms with Gasteiger partial charge in [0.25, 0.3) is 0 Å². The summed E-state index contributed by atoms with van der Waals surface area (Å²) in [6, 6.07) is 8.38. The Balaban J connectivity index is 1.76. The Bertz CT molecular complexity index is 689. The van der Waals surface area contributed by atoms with Crippen molar-refractivity contribution in [1.29, 1.82) is 0 Å². The van der Waals surface area contributed by atoms with Crippen molar-refractivity contribution < 1.29 is 9.69 Å². The van der Waals surface area contributed by atoms with Crippen molar-refractivity contribution in [2.45, 2.75) is 26.2 Å². The Labute approximate surface area is 148 Å². The summed E-state index contributed by atoms with van der Waals surface area (Å²) in [5, 5.41) is 2.90. The summed E-state index contributed by atoms with van der Waals surface area (Å²) < 4.78 is 0. The molecule has 1 heterocycles. The molecular weight excluding hydrogens is 318 g/mol. The average molecular weight is 345 g/mol. The second kappa shape index (κ2) is 7.45. The van der Waals surface area contributed by atoms with E-state index in [1.165, 1.54) is 10.5 Å². The lowest BCUT2D eigenvalue weighted by atomic mass is 10.1. The molecule has 5 heteroatoms. The lowest BCUT2D eigenvalue weighted by molar-refractivity contribution is -0.858. The number of rotatable bonds is 7. The molecule has 1 saturated carbocycles. The van der Waals surface area contributed by atoms with Gasteiger partial charge < -0.3 is 4.90 Å². The van der Waals surface area contributed by atoms with E-state index in [1.807, 2.05) is 4.90 Å². The maximum Gasteiger partial charge on any atom is 0.231 e. The predicted octanol–water partition coefficient (Wildman–Crippen LogP) is 2.40. The zero-order chi connectivity index (χ0) is 17.1. The van der Waals surface area contributed by atoms with Crippen LogP contribution in [-0.4, -0.2) is 38.1 Å². The number of hydrogen-bond donors (Lipinski definition) is 1. The van der Waals surface area contributed by atoms with Crippen LogP contribution >= 0.6 is 11.3 Å². The Kier molecular flexibility index (Phi) is 5.31. The summed E-state index contributed by atoms with van der Waals surface area (Å²) in [5.41, 5.74) is 3.31. The average Bonchev–Trinajstić information content (AvgIpc) is 3.30. The number of nitrogens with zero attached hydrogens (tertiary/aromatic N) is 2. The molecule has 0 saturated heterocycles. The number of aryl methyl sites for hydroxylation is 1. The molecular formula is C19H26N3OS+. The highest BCUT2D eigenvalue weighted by Gasteiger charge is 2.35. The number of amides is 1. The second-order valence-corrected chi connectivity index (χ2v) is 7.79. The van der Waals surface area contributed by atoms with Crippen LogP contribution in [0.25, 0.3) is 11.3 Å². The van der Waals surface area contributed by atoms with Gasteiger partial charge in [-0.1, -0.05) is 29.8 Å². The van der Waals surface area contributed by atoms with Crippen LogP contribution in [-0.2, 0) is 4.79 Å². The Morgan fingerprint density at radius 3 is 2.62 bits per heavy atom. The van der Waals surface area contributed by atoms with E-state index in [9.17, 15) is 4.79 Å². The van der Waals surface area contributed by atoms with Crippen LogP contribution in [0.15, 0.2) is 29.6 Å². The number of anilines is 1. The van der Waals surface area contributed by atoms with Gasteiger partial charge >= 0.3 is 0 Å². The molecule has 4 nitrogen and oxygen atoms in total. The third-order valence-corrected chi connectivity index (χ3v) is 5.19. The molecule has 2 aromatic rings. The van der Waals surface area contributed by atoms with Crippen LogP contribution < -0.4 is 9.80 Å². The van der Waals surface area contributed by atoms with E-state index in [0.717, 1.165) is 48.7 Å². The van der Waals surface area contributed by atoms with Crippen molar-refractivity contribution in [3.63, 3.8) is 0 Å². The largest absolute Gasteiger partial charge is 0.340 e. The van der Waals surface area contributed by atoms with E-state index < -0.39 is 0 Å². The fourth-order valence-electron chi connectivity index (χ4n) is 2.69. The van der Waals surface area contributed by atoms with Crippen molar-refractivity contribution in [2.24, 2.45) is 5.92 Å². The fraction of sp³-hybridized carbons (Fsp3) is 0.474. The van der Waals surface area contributed by atoms with Crippen molar-refractivity contribution >= 4 is 22.4 Å². The van der Waals surface area contributed by atoms with Gasteiger partial charge in [0, 0.05) is 29.8 Å². The number of nitrogens with one attached hydrogen (secondary N) is 1. The van der Waals surface area contributed by atoms with E-state index in [0.29, 0.717) is 0 Å². The highest BCUT2D eigenvalue weighted by Crippen LogP contribution is 2.35. The third kappa shape index (κ3) is 4.22. The zero-order valence-corrected chi connectivity index (χ0v) is 15.5. The molecule has 1 amide bonds. The van der Waals surface area contributed by atoms with Gasteiger partial charge in [-0.05, 0) is 19.8 Å². The Morgan fingerprint density at radius 1 is 1.29 bits per heavy atom. The lowest BCUT2D eigenvalue weighted by Gasteiger charge is -2.20. The fourth-order valence-corrected chi connectivity index (χ4v) is 3.55. The molecule has 1 aromatic heterocycles. The molecule has 1 aliphatic rings. The topological polar surface area (TPSA) is 37.6 Å². The second-order valence-electron chi connectivity index (χ2n) is 6.96. The molecule has 1 N–H and O–H groups in total. The minimum absolute atomic E-state index is 0.225. The third-order valence-electron chi connectivity index (χ3n) is 4.32. The van der Waals surface area contributed by atoms with Crippen LogP contribution in [0, 0.1) is 12.8 Å². The van der Waals surface area contributed by atoms with Crippen molar-refractivity contribution in [2.75, 3.05) is 32.1 Å². The standard InChI is InChI=1S/C19H25N3OS/c1-14-5-7-15(8-6-14)17-13-24-19(20-17)22(12-4-11-21(2)3)18(23)16-9-10-16/h5-8,13,16H,4,9-12H2,1-3H3/p+1. The van der Waals surface area contributed by atoms with Crippen molar-refractivity contribution in [1.82, 2.24) is 4.98 Å². The molecule has 3 rings (SSSR count). The Hall–Kier alpha value is -1.72. The zero-order valence-electron chi connectivity index (χ0n) is 14.7. The highest BCUT2D eigenvalue weighted by molar-refractivity contribution is 7.14. The van der Waals surface area contributed by atoms with E-state index in [4.69, 9.17) is 4.98 Å². The summed E-state index contributed by atoms with van der Waals surface area (Å²) in [4.78, 5) is 20.7. The molecule has 1 fully saturated rings. The molecule has 0 aliphatic heterocycles. The maximum absolute atomic E-state index is 12.7. The van der Waals surface area contributed by atoms with E-state index in [-0.39, 0.29) is 11.8 Å². The van der Waals surface area contributed by atoms with E-state index >= 15 is 0 Å². The first-order chi connectivity index (χ1) is 11.5. The van der Waals surface area contributed by atoms with Gasteiger partial charge in [-0.25, -0.2) is 4.98 Å². The number of benzene rings is 1. The first-order valence-electron chi connectivity index (χ1n) is 8.67. The summed E-state index contributed by atoms with van der Waals surface area (Å²) in [6.07, 6.45) is 3.06. The lowest BCUT2D eigenvalue weighted by Crippen LogP contribution is -3.05. The SMILES string of the molecule is Cc1ccc(-c2csc(N(CCC[NH+](C)C)C(=O)C3CC3)n2)cc1. The van der Waals surface area contributed by atoms with Crippen molar-refractivity contribution in [3.05, 3.63) is 35.2 Å². The molecule has 1 aliphatic carbocycles. The van der Waals surface area contributed by atoms with Gasteiger partial charge in [0.2, 0.25) is 5.91 Å². The summed E-state index contributed by atoms with van der Waals surface area (Å²) in [6.45, 7) is 3.91. The predicted molar refractivity (Wildman–Crippen MR) is 99.7 cm³/mol. The molecule has 0 bridgehead atoms. The van der Waals surface area contributed by atoms with Gasteiger partial charge in [0.1, 0.15) is 0 Å². The summed E-state index contributed by atoms with van der Waals surface area (Å²) in [5.74, 6) is 0.483. The number of carbonyl (C=O) groups is 1. The number of quaternary nitrogens is 1. The van der Waals surface area contributed by atoms with Gasteiger partial charge in [0.05, 0.1) is 26.3 Å². The van der Waals surface area contributed by atoms with Crippen LogP contribution in [0.2, 0.25) is 0 Å². The van der Waals surface area contributed by atoms with Gasteiger partial charge in [-0.3, -0.25) is 9.69 Å². The quantitative estimate of drug-likeness (QED) is 0.837.